The van der Waals surface area contributed by atoms with Gasteiger partial charge < -0.3 is 14.9 Å². The highest BCUT2D eigenvalue weighted by atomic mass is 32.1. The van der Waals surface area contributed by atoms with E-state index < -0.39 is 35.6 Å². The van der Waals surface area contributed by atoms with Gasteiger partial charge in [-0.1, -0.05) is 44.6 Å². The van der Waals surface area contributed by atoms with Crippen molar-refractivity contribution in [2.45, 2.75) is 91.5 Å². The van der Waals surface area contributed by atoms with Crippen LogP contribution in [0.1, 0.15) is 82.9 Å². The number of aryl methyl sites for hydroxylation is 1. The number of fused-ring (bicyclic) bond motifs is 1. The number of hydrogen-bond acceptors (Lipinski definition) is 7. The van der Waals surface area contributed by atoms with Gasteiger partial charge in [-0.3, -0.25) is 9.59 Å². The number of hydrogen-bond donors (Lipinski definition) is 2. The lowest BCUT2D eigenvalue weighted by Crippen LogP contribution is -2.46. The van der Waals surface area contributed by atoms with Crippen LogP contribution in [-0.4, -0.2) is 39.2 Å². The molecular weight excluding hydrogens is 486 g/mol. The monoisotopic (exact) mass is 527 g/mol. The zero-order valence-electron chi connectivity index (χ0n) is 22.7. The molecule has 2 unspecified atom stereocenters. The first kappa shape index (κ1) is 29.2. The van der Waals surface area contributed by atoms with Crippen LogP contribution in [-0.2, 0) is 14.3 Å². The Kier molecular flexibility index (Phi) is 9.84. The summed E-state index contributed by atoms with van der Waals surface area (Å²) in [7, 11) is 0. The lowest BCUT2D eigenvalue weighted by molar-refractivity contribution is -0.156. The molecule has 7 heteroatoms. The van der Waals surface area contributed by atoms with E-state index in [4.69, 9.17) is 4.74 Å². The van der Waals surface area contributed by atoms with Crippen LogP contribution < -0.4 is 0 Å². The molecule has 0 bridgehead atoms. The molecule has 3 rings (SSSR count). The summed E-state index contributed by atoms with van der Waals surface area (Å²) >= 11 is 1.62. The van der Waals surface area contributed by atoms with E-state index >= 15 is 0 Å². The highest BCUT2D eigenvalue weighted by molar-refractivity contribution is 7.18. The van der Waals surface area contributed by atoms with Crippen LogP contribution in [0.5, 0.6) is 0 Å². The summed E-state index contributed by atoms with van der Waals surface area (Å²) in [6, 6.07) is 5.93. The third-order valence-electron chi connectivity index (χ3n) is 7.66. The normalized spacial score (nSPS) is 29.9. The minimum atomic E-state index is -1.25. The molecule has 0 saturated carbocycles. The van der Waals surface area contributed by atoms with Gasteiger partial charge in [0.15, 0.2) is 0 Å². The molecule has 0 radical (unpaired) electrons. The molecule has 37 heavy (non-hydrogen) atoms. The summed E-state index contributed by atoms with van der Waals surface area (Å²) < 4.78 is 6.99. The summed E-state index contributed by atoms with van der Waals surface area (Å²) in [5.41, 5.74) is 1.66. The Hall–Kier alpha value is -2.35. The van der Waals surface area contributed by atoms with Crippen LogP contribution in [0, 0.1) is 24.2 Å². The predicted octanol–water partition coefficient (Wildman–Crippen LogP) is 6.24. The Bertz CT molecular complexity index is 1150. The lowest BCUT2D eigenvalue weighted by atomic mass is 9.71. The summed E-state index contributed by atoms with van der Waals surface area (Å²) in [5, 5.41) is 23.1. The molecule has 2 heterocycles. The molecule has 1 aliphatic heterocycles. The van der Waals surface area contributed by atoms with Crippen LogP contribution >= 0.6 is 11.3 Å². The molecule has 6 nitrogen and oxygen atoms in total. The Morgan fingerprint density at radius 2 is 1.97 bits per heavy atom. The number of cyclic esters (lactones) is 1. The number of ketones is 1. The van der Waals surface area contributed by atoms with Crippen LogP contribution in [0.4, 0.5) is 0 Å². The molecule has 0 saturated heterocycles. The van der Waals surface area contributed by atoms with Gasteiger partial charge in [-0.2, -0.15) is 0 Å². The van der Waals surface area contributed by atoms with Crippen molar-refractivity contribution in [1.82, 2.24) is 4.98 Å². The number of aliphatic hydroxyl groups is 2. The molecule has 0 aliphatic carbocycles. The quantitative estimate of drug-likeness (QED) is 0.362. The molecule has 2 aromatic rings. The highest BCUT2D eigenvalue weighted by Crippen LogP contribution is 2.35. The van der Waals surface area contributed by atoms with Crippen molar-refractivity contribution in [3.05, 3.63) is 53.1 Å². The zero-order valence-corrected chi connectivity index (χ0v) is 23.5. The molecule has 202 valence electrons. The molecular formula is C30H41NO5S. The van der Waals surface area contributed by atoms with Gasteiger partial charge in [0.2, 0.25) is 0 Å². The Balaban J connectivity index is 1.93. The Labute approximate surface area is 224 Å². The van der Waals surface area contributed by atoms with Crippen molar-refractivity contribution in [3.63, 3.8) is 0 Å². The minimum absolute atomic E-state index is 0.0893. The van der Waals surface area contributed by atoms with E-state index in [1.54, 1.807) is 31.3 Å². The number of nitrogens with zero attached hydrogens (tertiary/aromatic N) is 1. The van der Waals surface area contributed by atoms with Crippen LogP contribution in [0.15, 0.2) is 42.5 Å². The Morgan fingerprint density at radius 3 is 2.68 bits per heavy atom. The second-order valence-electron chi connectivity index (χ2n) is 11.0. The third-order valence-corrected chi connectivity index (χ3v) is 8.61. The van der Waals surface area contributed by atoms with Gasteiger partial charge in [0.05, 0.1) is 39.3 Å². The first-order valence-corrected chi connectivity index (χ1v) is 14.0. The van der Waals surface area contributed by atoms with Gasteiger partial charge in [0, 0.05) is 12.3 Å². The lowest BCUT2D eigenvalue weighted by Gasteiger charge is -2.35. The predicted molar refractivity (Wildman–Crippen MR) is 148 cm³/mol. The van der Waals surface area contributed by atoms with E-state index in [0.717, 1.165) is 40.1 Å². The number of carbonyl (C=O) groups is 2. The zero-order chi connectivity index (χ0) is 27.3. The number of aromatic nitrogens is 1. The molecule has 1 aromatic carbocycles. The van der Waals surface area contributed by atoms with E-state index in [0.29, 0.717) is 12.8 Å². The largest absolute Gasteiger partial charge is 0.457 e. The van der Waals surface area contributed by atoms with E-state index in [9.17, 15) is 19.8 Å². The highest BCUT2D eigenvalue weighted by Gasteiger charge is 2.43. The number of allylic oxidation sites excluding steroid dienone is 2. The summed E-state index contributed by atoms with van der Waals surface area (Å²) in [6.07, 6.45) is 4.10. The molecule has 0 fully saturated rings. The van der Waals surface area contributed by atoms with Gasteiger partial charge in [-0.05, 0) is 63.1 Å². The fourth-order valence-electron chi connectivity index (χ4n) is 5.04. The molecule has 0 amide bonds. The van der Waals surface area contributed by atoms with Crippen molar-refractivity contribution >= 4 is 33.3 Å². The van der Waals surface area contributed by atoms with Gasteiger partial charge in [-0.25, -0.2) is 4.98 Å². The fourth-order valence-corrected chi connectivity index (χ4v) is 5.84. The summed E-state index contributed by atoms with van der Waals surface area (Å²) in [5.74, 6) is -1.62. The third kappa shape index (κ3) is 7.15. The molecule has 1 aromatic heterocycles. The van der Waals surface area contributed by atoms with Crippen LogP contribution in [0.2, 0.25) is 0 Å². The molecule has 5 atom stereocenters. The minimum Gasteiger partial charge on any atom is -0.457 e. The average molecular weight is 528 g/mol. The van der Waals surface area contributed by atoms with Gasteiger partial charge in [0.25, 0.3) is 0 Å². The first-order chi connectivity index (χ1) is 17.4. The standard InChI is InChI=1S/C30H41NO5S/c1-7-9-22-28(34)19(3)11-8-10-18(2)12-14-24(21-13-15-25-23(16-21)31-20(4)37-25)36-27(33)17-26(32)30(5,6)29(22)35/h7,12-13,15-16,19,22,24,26,28,32,34H,1,8-11,14,17H2,2-6H3/b18-12-/t19-,22+,24?,26-,28?/m0/s1. The van der Waals surface area contributed by atoms with E-state index in [1.807, 2.05) is 32.0 Å². The fraction of sp³-hybridized carbons (Fsp3) is 0.567. The maximum atomic E-state index is 13.6. The number of carbonyl (C=O) groups excluding carboxylic acids is 2. The van der Waals surface area contributed by atoms with E-state index in [1.165, 1.54) is 5.57 Å². The first-order valence-electron chi connectivity index (χ1n) is 13.2. The van der Waals surface area contributed by atoms with E-state index in [-0.39, 0.29) is 18.1 Å². The second kappa shape index (κ2) is 12.5. The maximum absolute atomic E-state index is 13.6. The van der Waals surface area contributed by atoms with Gasteiger partial charge >= 0.3 is 5.97 Å². The average Bonchev–Trinajstić information content (AvgIpc) is 3.22. The summed E-state index contributed by atoms with van der Waals surface area (Å²) in [6.45, 7) is 13.0. The molecule has 2 N–H and O–H groups in total. The van der Waals surface area contributed by atoms with Crippen molar-refractivity contribution in [1.29, 1.82) is 0 Å². The van der Waals surface area contributed by atoms with Crippen LogP contribution in [0.3, 0.4) is 0 Å². The van der Waals surface area contributed by atoms with Crippen molar-refractivity contribution in [2.75, 3.05) is 0 Å². The van der Waals surface area contributed by atoms with Crippen molar-refractivity contribution in [2.24, 2.45) is 17.3 Å². The number of thiazole rings is 1. The second-order valence-corrected chi connectivity index (χ2v) is 12.3. The van der Waals surface area contributed by atoms with Crippen molar-refractivity contribution < 1.29 is 24.5 Å². The topological polar surface area (TPSA) is 96.7 Å². The number of benzene rings is 1. The maximum Gasteiger partial charge on any atom is 0.309 e. The van der Waals surface area contributed by atoms with Crippen LogP contribution in [0.25, 0.3) is 10.2 Å². The van der Waals surface area contributed by atoms with Gasteiger partial charge in [-0.15, -0.1) is 17.9 Å². The molecule has 1 aliphatic rings. The van der Waals surface area contributed by atoms with Crippen molar-refractivity contribution in [3.8, 4) is 0 Å². The van der Waals surface area contributed by atoms with Gasteiger partial charge in [0.1, 0.15) is 11.9 Å². The number of Topliss-reactive ketones (excluding diaryl/α,β-unsaturated/α-hetero) is 1. The number of aliphatic hydroxyl groups excluding tert-OH is 2. The SMILES string of the molecule is C=CC[C@H]1C(=O)C(C)(C)[C@@H](O)CC(=O)OC(c2ccc3sc(C)nc3c2)C/C=C(/C)CCC[C@H](C)C1O. The molecule has 0 spiro atoms. The Morgan fingerprint density at radius 1 is 1.24 bits per heavy atom. The number of esters is 1. The smallest absolute Gasteiger partial charge is 0.309 e. The summed E-state index contributed by atoms with van der Waals surface area (Å²) in [4.78, 5) is 31.2. The number of ether oxygens (including phenoxy) is 1. The number of rotatable bonds is 3. The van der Waals surface area contributed by atoms with E-state index in [2.05, 4.69) is 24.6 Å².